The quantitative estimate of drug-likeness (QED) is 0.535. The van der Waals surface area contributed by atoms with E-state index in [9.17, 15) is 5.11 Å². The Kier molecular flexibility index (Phi) is 3.97. The molecule has 0 amide bonds. The molecular formula is C19H21N9O. The lowest BCUT2D eigenvalue weighted by Crippen LogP contribution is -2.47. The van der Waals surface area contributed by atoms with Crippen LogP contribution in [0.15, 0.2) is 43.0 Å². The first-order valence-corrected chi connectivity index (χ1v) is 9.37. The van der Waals surface area contributed by atoms with Crippen LogP contribution >= 0.6 is 0 Å². The normalized spacial score (nSPS) is 14.7. The molecule has 1 aliphatic rings. The van der Waals surface area contributed by atoms with Crippen LogP contribution in [0.1, 0.15) is 0 Å². The van der Waals surface area contributed by atoms with Crippen LogP contribution < -0.4 is 15.5 Å². The average molecular weight is 391 g/mol. The number of fused-ring (bicyclic) bond motifs is 1. The van der Waals surface area contributed by atoms with E-state index in [-0.39, 0.29) is 5.75 Å². The standard InChI is InChI=1S/C19H21N9O/c1-25-11-14(10-22-25)28-12-21-16-17(20)23-19(24-18(16)28)27-8-6-26(7-9-27)13-2-4-15(29)5-3-13/h2-5,10-12,29H,6-9H2,1H3,(H2,20,23,24). The zero-order valence-corrected chi connectivity index (χ0v) is 16.0. The van der Waals surface area contributed by atoms with Gasteiger partial charge in [-0.25, -0.2) is 4.98 Å². The summed E-state index contributed by atoms with van der Waals surface area (Å²) in [5, 5.41) is 13.7. The van der Waals surface area contributed by atoms with E-state index in [1.54, 1.807) is 29.3 Å². The molecule has 10 heteroatoms. The second kappa shape index (κ2) is 6.66. The fraction of sp³-hybridized carbons (Fsp3) is 0.263. The van der Waals surface area contributed by atoms with Gasteiger partial charge in [-0.2, -0.15) is 15.1 Å². The van der Waals surface area contributed by atoms with Crippen molar-refractivity contribution in [3.63, 3.8) is 0 Å². The summed E-state index contributed by atoms with van der Waals surface area (Å²) in [4.78, 5) is 18.0. The molecule has 0 unspecified atom stereocenters. The number of hydrogen-bond donors (Lipinski definition) is 2. The fourth-order valence-electron chi connectivity index (χ4n) is 3.60. The Bertz CT molecular complexity index is 1160. The molecule has 0 radical (unpaired) electrons. The number of hydrogen-bond acceptors (Lipinski definition) is 8. The molecule has 1 saturated heterocycles. The van der Waals surface area contributed by atoms with Crippen molar-refractivity contribution in [3.8, 4) is 11.4 Å². The molecule has 29 heavy (non-hydrogen) atoms. The van der Waals surface area contributed by atoms with Crippen molar-refractivity contribution < 1.29 is 5.11 Å². The minimum Gasteiger partial charge on any atom is -0.508 e. The van der Waals surface area contributed by atoms with Gasteiger partial charge in [0.15, 0.2) is 17.0 Å². The molecule has 4 aromatic rings. The number of phenols is 1. The van der Waals surface area contributed by atoms with Crippen molar-refractivity contribution in [3.05, 3.63) is 43.0 Å². The largest absolute Gasteiger partial charge is 0.508 e. The maximum Gasteiger partial charge on any atom is 0.229 e. The third kappa shape index (κ3) is 3.08. The first kappa shape index (κ1) is 17.3. The summed E-state index contributed by atoms with van der Waals surface area (Å²) in [7, 11) is 1.87. The van der Waals surface area contributed by atoms with Crippen molar-refractivity contribution in [1.82, 2.24) is 29.3 Å². The van der Waals surface area contributed by atoms with Crippen molar-refractivity contribution in [2.45, 2.75) is 0 Å². The second-order valence-electron chi connectivity index (χ2n) is 7.06. The summed E-state index contributed by atoms with van der Waals surface area (Å²) in [5.74, 6) is 1.24. The van der Waals surface area contributed by atoms with Gasteiger partial charge in [0.05, 0.1) is 11.9 Å². The highest BCUT2D eigenvalue weighted by Crippen LogP contribution is 2.25. The lowest BCUT2D eigenvalue weighted by atomic mass is 10.2. The average Bonchev–Trinajstić information content (AvgIpc) is 3.35. The first-order chi connectivity index (χ1) is 14.1. The maximum absolute atomic E-state index is 9.48. The summed E-state index contributed by atoms with van der Waals surface area (Å²) < 4.78 is 3.60. The minimum atomic E-state index is 0.273. The highest BCUT2D eigenvalue weighted by Gasteiger charge is 2.22. The van der Waals surface area contributed by atoms with Crippen molar-refractivity contribution >= 4 is 28.6 Å². The molecular weight excluding hydrogens is 370 g/mol. The summed E-state index contributed by atoms with van der Waals surface area (Å²) in [6.45, 7) is 3.20. The minimum absolute atomic E-state index is 0.273. The van der Waals surface area contributed by atoms with Crippen LogP contribution in [0.4, 0.5) is 17.5 Å². The lowest BCUT2D eigenvalue weighted by molar-refractivity contribution is 0.475. The van der Waals surface area contributed by atoms with E-state index in [1.165, 1.54) is 0 Å². The summed E-state index contributed by atoms with van der Waals surface area (Å²) in [5.41, 5.74) is 9.40. The summed E-state index contributed by atoms with van der Waals surface area (Å²) >= 11 is 0. The Balaban J connectivity index is 1.41. The lowest BCUT2D eigenvalue weighted by Gasteiger charge is -2.36. The Morgan fingerprint density at radius 3 is 2.38 bits per heavy atom. The molecule has 0 aliphatic carbocycles. The number of nitrogens with zero attached hydrogens (tertiary/aromatic N) is 8. The molecule has 1 aromatic carbocycles. The third-order valence-electron chi connectivity index (χ3n) is 5.16. The zero-order chi connectivity index (χ0) is 20.0. The first-order valence-electron chi connectivity index (χ1n) is 9.37. The number of benzene rings is 1. The Hall–Kier alpha value is -3.82. The van der Waals surface area contributed by atoms with Crippen LogP contribution in [0, 0.1) is 0 Å². The topological polar surface area (TPSA) is 114 Å². The summed E-state index contributed by atoms with van der Waals surface area (Å²) in [6, 6.07) is 7.27. The number of piperazine rings is 1. The van der Waals surface area contributed by atoms with Gasteiger partial charge in [-0.15, -0.1) is 0 Å². The van der Waals surface area contributed by atoms with Crippen LogP contribution in [0.25, 0.3) is 16.9 Å². The number of aromatic nitrogens is 6. The van der Waals surface area contributed by atoms with Crippen LogP contribution in [0.5, 0.6) is 5.75 Å². The van der Waals surface area contributed by atoms with E-state index in [2.05, 4.69) is 24.9 Å². The van der Waals surface area contributed by atoms with Gasteiger partial charge in [0.1, 0.15) is 12.1 Å². The van der Waals surface area contributed by atoms with Gasteiger partial charge in [0.25, 0.3) is 0 Å². The zero-order valence-electron chi connectivity index (χ0n) is 16.0. The predicted molar refractivity (Wildman–Crippen MR) is 110 cm³/mol. The van der Waals surface area contributed by atoms with Crippen LogP contribution in [-0.4, -0.2) is 60.6 Å². The number of nitrogen functional groups attached to an aromatic ring is 1. The molecule has 0 atom stereocenters. The van der Waals surface area contributed by atoms with Crippen LogP contribution in [0.3, 0.4) is 0 Å². The number of aryl methyl sites for hydroxylation is 1. The molecule has 5 rings (SSSR count). The number of phenolic OH excluding ortho intramolecular Hbond substituents is 1. The molecule has 3 N–H and O–H groups in total. The highest BCUT2D eigenvalue weighted by molar-refractivity contribution is 5.84. The summed E-state index contributed by atoms with van der Waals surface area (Å²) in [6.07, 6.45) is 5.35. The molecule has 0 saturated carbocycles. The maximum atomic E-state index is 9.48. The Morgan fingerprint density at radius 2 is 1.69 bits per heavy atom. The molecule has 10 nitrogen and oxygen atoms in total. The Morgan fingerprint density at radius 1 is 0.966 bits per heavy atom. The van der Waals surface area contributed by atoms with Crippen molar-refractivity contribution in [2.75, 3.05) is 41.7 Å². The van der Waals surface area contributed by atoms with Gasteiger partial charge in [-0.1, -0.05) is 0 Å². The highest BCUT2D eigenvalue weighted by atomic mass is 16.3. The monoisotopic (exact) mass is 391 g/mol. The molecule has 148 valence electrons. The Labute approximate surface area is 166 Å². The van der Waals surface area contributed by atoms with E-state index in [0.717, 1.165) is 37.6 Å². The van der Waals surface area contributed by atoms with Crippen LogP contribution in [0.2, 0.25) is 0 Å². The fourth-order valence-corrected chi connectivity index (χ4v) is 3.60. The van der Waals surface area contributed by atoms with E-state index in [0.29, 0.717) is 22.9 Å². The van der Waals surface area contributed by atoms with Gasteiger partial charge < -0.3 is 20.6 Å². The van der Waals surface area contributed by atoms with Gasteiger partial charge in [-0.05, 0) is 24.3 Å². The van der Waals surface area contributed by atoms with Crippen molar-refractivity contribution in [1.29, 1.82) is 0 Å². The van der Waals surface area contributed by atoms with E-state index >= 15 is 0 Å². The SMILES string of the molecule is Cn1cc(-n2cnc3c(N)nc(N4CCN(c5ccc(O)cc5)CC4)nc32)cn1. The van der Waals surface area contributed by atoms with E-state index in [1.807, 2.05) is 29.9 Å². The number of aromatic hydroxyl groups is 1. The van der Waals surface area contributed by atoms with Gasteiger partial charge in [-0.3, -0.25) is 9.25 Å². The predicted octanol–water partition coefficient (Wildman–Crippen LogP) is 1.16. The van der Waals surface area contributed by atoms with E-state index in [4.69, 9.17) is 10.7 Å². The number of rotatable bonds is 3. The number of imidazole rings is 1. The van der Waals surface area contributed by atoms with Crippen molar-refractivity contribution in [2.24, 2.45) is 7.05 Å². The molecule has 1 aliphatic heterocycles. The van der Waals surface area contributed by atoms with Crippen LogP contribution in [-0.2, 0) is 7.05 Å². The van der Waals surface area contributed by atoms with Gasteiger partial charge in [0, 0.05) is 45.1 Å². The second-order valence-corrected chi connectivity index (χ2v) is 7.06. The molecule has 4 heterocycles. The van der Waals surface area contributed by atoms with Gasteiger partial charge >= 0.3 is 0 Å². The molecule has 0 spiro atoms. The van der Waals surface area contributed by atoms with E-state index < -0.39 is 0 Å². The molecule has 0 bridgehead atoms. The number of nitrogens with two attached hydrogens (primary N) is 1. The third-order valence-corrected chi connectivity index (χ3v) is 5.16. The smallest absolute Gasteiger partial charge is 0.229 e. The molecule has 3 aromatic heterocycles. The number of anilines is 3. The molecule has 1 fully saturated rings. The van der Waals surface area contributed by atoms with Gasteiger partial charge in [0.2, 0.25) is 5.95 Å².